The number of anilines is 1. The molecule has 106 valence electrons. The Morgan fingerprint density at radius 1 is 1.19 bits per heavy atom. The van der Waals surface area contributed by atoms with Crippen molar-refractivity contribution >= 4 is 34.0 Å². The summed E-state index contributed by atoms with van der Waals surface area (Å²) in [6.45, 7) is 0. The molecular weight excluding hydrogens is 302 g/mol. The van der Waals surface area contributed by atoms with Gasteiger partial charge in [-0.3, -0.25) is 5.43 Å². The summed E-state index contributed by atoms with van der Waals surface area (Å²) in [6.07, 6.45) is 1.79. The van der Waals surface area contributed by atoms with Gasteiger partial charge < -0.3 is 4.74 Å². The molecule has 0 atom stereocenters. The Labute approximate surface area is 130 Å². The fraction of sp³-hybridized carbons (Fsp3) is 0.0667. The summed E-state index contributed by atoms with van der Waals surface area (Å²) in [5.41, 5.74) is 4.94. The number of nitrogens with one attached hydrogen (secondary N) is 1. The van der Waals surface area contributed by atoms with E-state index < -0.39 is 0 Å². The van der Waals surface area contributed by atoms with Crippen LogP contribution in [0, 0.1) is 0 Å². The zero-order chi connectivity index (χ0) is 14.5. The Morgan fingerprint density at radius 3 is 2.76 bits per heavy atom. The number of hydrogen-bond acceptors (Lipinski definition) is 6. The van der Waals surface area contributed by atoms with Gasteiger partial charge in [-0.15, -0.1) is 22.7 Å². The number of hydrogen-bond donors (Lipinski definition) is 1. The van der Waals surface area contributed by atoms with Crippen molar-refractivity contribution in [1.29, 1.82) is 0 Å². The topological polar surface area (TPSA) is 46.5 Å². The average molecular weight is 315 g/mol. The van der Waals surface area contributed by atoms with E-state index in [1.54, 1.807) is 24.7 Å². The maximum atomic E-state index is 5.15. The molecule has 2 aromatic heterocycles. The van der Waals surface area contributed by atoms with Gasteiger partial charge in [-0.1, -0.05) is 6.07 Å². The summed E-state index contributed by atoms with van der Waals surface area (Å²) in [5, 5.41) is 8.98. The van der Waals surface area contributed by atoms with Gasteiger partial charge in [0.05, 0.1) is 19.0 Å². The number of methoxy groups -OCH3 is 1. The first-order valence-corrected chi connectivity index (χ1v) is 8.03. The second-order valence-corrected chi connectivity index (χ2v) is 5.99. The van der Waals surface area contributed by atoms with Gasteiger partial charge in [0, 0.05) is 15.8 Å². The van der Waals surface area contributed by atoms with Crippen LogP contribution in [0.15, 0.2) is 52.3 Å². The van der Waals surface area contributed by atoms with Gasteiger partial charge in [0.25, 0.3) is 0 Å². The van der Waals surface area contributed by atoms with Crippen molar-refractivity contribution < 1.29 is 4.74 Å². The Morgan fingerprint density at radius 2 is 2.05 bits per heavy atom. The van der Waals surface area contributed by atoms with Crippen LogP contribution in [0.2, 0.25) is 0 Å². The van der Waals surface area contributed by atoms with Gasteiger partial charge in [0.1, 0.15) is 5.75 Å². The van der Waals surface area contributed by atoms with E-state index >= 15 is 0 Å². The van der Waals surface area contributed by atoms with Crippen molar-refractivity contribution in [2.24, 2.45) is 5.10 Å². The van der Waals surface area contributed by atoms with Gasteiger partial charge in [0.2, 0.25) is 5.13 Å². The highest BCUT2D eigenvalue weighted by Crippen LogP contribution is 2.26. The molecule has 0 aliphatic rings. The van der Waals surface area contributed by atoms with E-state index in [1.165, 1.54) is 11.3 Å². The molecule has 21 heavy (non-hydrogen) atoms. The van der Waals surface area contributed by atoms with Crippen LogP contribution < -0.4 is 10.2 Å². The maximum Gasteiger partial charge on any atom is 0.203 e. The van der Waals surface area contributed by atoms with Crippen molar-refractivity contribution in [2.45, 2.75) is 0 Å². The molecule has 4 nitrogen and oxygen atoms in total. The molecule has 6 heteroatoms. The highest BCUT2D eigenvalue weighted by molar-refractivity contribution is 7.14. The molecule has 0 aliphatic heterocycles. The third-order valence-corrected chi connectivity index (χ3v) is 4.34. The van der Waals surface area contributed by atoms with Crippen molar-refractivity contribution in [3.05, 3.63) is 52.0 Å². The lowest BCUT2D eigenvalue weighted by atomic mass is 10.2. The summed E-state index contributed by atoms with van der Waals surface area (Å²) in [7, 11) is 1.66. The van der Waals surface area contributed by atoms with Crippen LogP contribution in [0.4, 0.5) is 5.13 Å². The van der Waals surface area contributed by atoms with Gasteiger partial charge in [-0.25, -0.2) is 4.98 Å². The molecule has 2 heterocycles. The Balaban J connectivity index is 1.68. The van der Waals surface area contributed by atoms with Gasteiger partial charge in [0.15, 0.2) is 0 Å². The minimum absolute atomic E-state index is 0.772. The van der Waals surface area contributed by atoms with E-state index in [9.17, 15) is 0 Å². The van der Waals surface area contributed by atoms with E-state index in [2.05, 4.69) is 15.5 Å². The van der Waals surface area contributed by atoms with Crippen LogP contribution in [0.1, 0.15) is 4.88 Å². The highest BCUT2D eigenvalue weighted by atomic mass is 32.1. The minimum atomic E-state index is 0.772. The predicted molar refractivity (Wildman–Crippen MR) is 89.6 cm³/mol. The minimum Gasteiger partial charge on any atom is -0.497 e. The van der Waals surface area contributed by atoms with Gasteiger partial charge in [-0.05, 0) is 35.7 Å². The van der Waals surface area contributed by atoms with E-state index in [4.69, 9.17) is 4.74 Å². The van der Waals surface area contributed by atoms with Crippen LogP contribution in [0.5, 0.6) is 5.75 Å². The molecule has 0 unspecified atom stereocenters. The lowest BCUT2D eigenvalue weighted by Gasteiger charge is -2.00. The standard InChI is InChI=1S/C15H13N3OS2/c1-19-12-6-4-11(5-7-12)14-10-21-15(17-14)18-16-9-13-3-2-8-20-13/h2-10H,1H3,(H,17,18)/b16-9+. The first-order valence-electron chi connectivity index (χ1n) is 6.28. The molecule has 1 N–H and O–H groups in total. The van der Waals surface area contributed by atoms with E-state index in [0.29, 0.717) is 0 Å². The van der Waals surface area contributed by atoms with Crippen LogP contribution in [-0.2, 0) is 0 Å². The lowest BCUT2D eigenvalue weighted by molar-refractivity contribution is 0.415. The van der Waals surface area contributed by atoms with Gasteiger partial charge >= 0.3 is 0 Å². The number of aromatic nitrogens is 1. The summed E-state index contributed by atoms with van der Waals surface area (Å²) in [4.78, 5) is 5.62. The number of ether oxygens (including phenoxy) is 1. The third kappa shape index (κ3) is 3.48. The van der Waals surface area contributed by atoms with Gasteiger partial charge in [-0.2, -0.15) is 5.10 Å². The zero-order valence-corrected chi connectivity index (χ0v) is 12.9. The number of rotatable bonds is 5. The van der Waals surface area contributed by atoms with Crippen LogP contribution >= 0.6 is 22.7 Å². The molecule has 0 fully saturated rings. The quantitative estimate of drug-likeness (QED) is 0.563. The Bertz CT molecular complexity index is 718. The largest absolute Gasteiger partial charge is 0.497 e. The Kier molecular flexibility index (Phi) is 4.28. The van der Waals surface area contributed by atoms with Crippen LogP contribution in [0.25, 0.3) is 11.3 Å². The number of nitrogens with zero attached hydrogens (tertiary/aromatic N) is 2. The number of hydrazone groups is 1. The average Bonchev–Trinajstić information content (AvgIpc) is 3.19. The van der Waals surface area contributed by atoms with Crippen molar-refractivity contribution in [1.82, 2.24) is 4.98 Å². The molecule has 0 amide bonds. The molecule has 0 saturated carbocycles. The van der Waals surface area contributed by atoms with Crippen molar-refractivity contribution in [2.75, 3.05) is 12.5 Å². The third-order valence-electron chi connectivity index (χ3n) is 2.79. The first-order chi connectivity index (χ1) is 10.3. The van der Waals surface area contributed by atoms with Crippen molar-refractivity contribution in [3.8, 4) is 17.0 Å². The molecule has 0 bridgehead atoms. The predicted octanol–water partition coefficient (Wildman–Crippen LogP) is 4.33. The molecular formula is C15H13N3OS2. The molecule has 0 radical (unpaired) electrons. The molecule has 3 aromatic rings. The monoisotopic (exact) mass is 315 g/mol. The SMILES string of the molecule is COc1ccc(-c2csc(N/N=C/c3cccs3)n2)cc1. The summed E-state index contributed by atoms with van der Waals surface area (Å²) in [6, 6.07) is 11.9. The fourth-order valence-corrected chi connectivity index (χ4v) is 2.99. The van der Waals surface area contributed by atoms with E-state index in [0.717, 1.165) is 27.0 Å². The second kappa shape index (κ2) is 6.51. The second-order valence-electron chi connectivity index (χ2n) is 4.15. The summed E-state index contributed by atoms with van der Waals surface area (Å²) >= 11 is 3.17. The Hall–Kier alpha value is -2.18. The molecule has 0 aliphatic carbocycles. The summed E-state index contributed by atoms with van der Waals surface area (Å²) < 4.78 is 5.15. The zero-order valence-electron chi connectivity index (χ0n) is 11.3. The van der Waals surface area contributed by atoms with Crippen LogP contribution in [-0.4, -0.2) is 18.3 Å². The van der Waals surface area contributed by atoms with E-state index in [-0.39, 0.29) is 0 Å². The maximum absolute atomic E-state index is 5.15. The summed E-state index contributed by atoms with van der Waals surface area (Å²) in [5.74, 6) is 0.841. The molecule has 0 saturated heterocycles. The lowest BCUT2D eigenvalue weighted by Crippen LogP contribution is -1.88. The van der Waals surface area contributed by atoms with Crippen LogP contribution in [0.3, 0.4) is 0 Å². The highest BCUT2D eigenvalue weighted by Gasteiger charge is 2.04. The number of benzene rings is 1. The number of thiophene rings is 1. The molecule has 1 aromatic carbocycles. The molecule has 0 spiro atoms. The fourth-order valence-electron chi connectivity index (χ4n) is 1.74. The smallest absolute Gasteiger partial charge is 0.203 e. The van der Waals surface area contributed by atoms with E-state index in [1.807, 2.05) is 47.2 Å². The first kappa shape index (κ1) is 13.8. The number of thiazole rings is 1. The normalized spacial score (nSPS) is 10.9. The molecule has 3 rings (SSSR count). The van der Waals surface area contributed by atoms with Crippen molar-refractivity contribution in [3.63, 3.8) is 0 Å².